The molecule has 0 spiro atoms. The molecular weight excluding hydrogens is 563 g/mol. The Morgan fingerprint density at radius 2 is 1.58 bits per heavy atom. The van der Waals surface area contributed by atoms with Crippen LogP contribution >= 0.6 is 0 Å². The molecule has 0 saturated heterocycles. The average molecular weight is 632 g/mol. The summed E-state index contributed by atoms with van der Waals surface area (Å²) in [6.07, 6.45) is 15.9. The number of hydrogen-bond donors (Lipinski definition) is 0. The third kappa shape index (κ3) is 5.85. The average Bonchev–Trinajstić information content (AvgIpc) is 3.49. The van der Waals surface area contributed by atoms with Crippen LogP contribution in [-0.4, -0.2) is 19.0 Å². The van der Waals surface area contributed by atoms with Gasteiger partial charge >= 0.3 is 0 Å². The van der Waals surface area contributed by atoms with Gasteiger partial charge in [0.2, 0.25) is 0 Å². The van der Waals surface area contributed by atoms with Crippen molar-refractivity contribution in [2.45, 2.75) is 156 Å². The molecule has 0 radical (unpaired) electrons. The van der Waals surface area contributed by atoms with E-state index in [1.165, 1.54) is 81.5 Å². The van der Waals surface area contributed by atoms with E-state index in [0.29, 0.717) is 28.8 Å². The lowest BCUT2D eigenvalue weighted by atomic mass is 9.42. The van der Waals surface area contributed by atoms with Crippen molar-refractivity contribution >= 4 is 19.2 Å². The Balaban J connectivity index is 1.33. The molecule has 4 fully saturated rings. The molecule has 1 aromatic carbocycles. The van der Waals surface area contributed by atoms with Crippen molar-refractivity contribution in [3.05, 3.63) is 36.0 Å². The van der Waals surface area contributed by atoms with Gasteiger partial charge in [-0.3, -0.25) is 0 Å². The fraction of sp³-hybridized carbons (Fsp3) is 0.810. The summed E-state index contributed by atoms with van der Waals surface area (Å²) >= 11 is 0. The van der Waals surface area contributed by atoms with E-state index in [2.05, 4.69) is 110 Å². The van der Waals surface area contributed by atoms with Crippen LogP contribution in [0.2, 0.25) is 18.1 Å². The number of nitrogens with zero attached hydrogens (tertiary/aromatic N) is 1. The molecule has 1 heterocycles. The largest absolute Gasteiger partial charge is 0.414 e. The molecular formula is C42H69NOSi. The van der Waals surface area contributed by atoms with Crippen LogP contribution in [-0.2, 0) is 11.5 Å². The number of aromatic nitrogens is 1. The standard InChI is InChI=1S/C42H69NOSi/c1-28(2)15-14-16-29(3)34-19-20-35-32-27-33(39-25-30-17-12-13-18-38(30)43(39)9)37-26-31(44-45(10,11)40(4,5)6)21-23-42(37,8)36(32)22-24-41(34,35)7/h12-13,17-18,25,28-29,31-37H,14-16,19-24,26-27H2,1-11H3/t29-,31-,32+,33+,34-,35+,36+,37-,41-,42-/m1/s1. The summed E-state index contributed by atoms with van der Waals surface area (Å²) in [4.78, 5) is 0. The Labute approximate surface area is 279 Å². The zero-order valence-corrected chi connectivity index (χ0v) is 32.2. The molecule has 0 aliphatic heterocycles. The van der Waals surface area contributed by atoms with E-state index in [1.807, 2.05) is 0 Å². The van der Waals surface area contributed by atoms with E-state index in [1.54, 1.807) is 5.69 Å². The van der Waals surface area contributed by atoms with Gasteiger partial charge in [-0.2, -0.15) is 0 Å². The summed E-state index contributed by atoms with van der Waals surface area (Å²) in [5.41, 5.74) is 3.97. The number of benzene rings is 1. The smallest absolute Gasteiger partial charge is 0.192 e. The third-order valence-electron chi connectivity index (χ3n) is 15.5. The number of rotatable bonds is 8. The van der Waals surface area contributed by atoms with Gasteiger partial charge in [0.15, 0.2) is 8.32 Å². The topological polar surface area (TPSA) is 14.2 Å². The minimum Gasteiger partial charge on any atom is -0.414 e. The predicted octanol–water partition coefficient (Wildman–Crippen LogP) is 12.4. The van der Waals surface area contributed by atoms with Gasteiger partial charge in [0.25, 0.3) is 0 Å². The Morgan fingerprint density at radius 1 is 0.889 bits per heavy atom. The zero-order valence-electron chi connectivity index (χ0n) is 31.2. The second kappa shape index (κ2) is 12.1. The molecule has 0 N–H and O–H groups in total. The van der Waals surface area contributed by atoms with Crippen LogP contribution in [0.1, 0.15) is 138 Å². The van der Waals surface area contributed by atoms with Gasteiger partial charge in [0.05, 0.1) is 0 Å². The van der Waals surface area contributed by atoms with E-state index in [-0.39, 0.29) is 5.04 Å². The first-order chi connectivity index (χ1) is 21.1. The summed E-state index contributed by atoms with van der Waals surface area (Å²) < 4.78 is 9.84. The Morgan fingerprint density at radius 3 is 2.27 bits per heavy atom. The van der Waals surface area contributed by atoms with Gasteiger partial charge < -0.3 is 8.99 Å². The first-order valence-electron chi connectivity index (χ1n) is 19.3. The second-order valence-electron chi connectivity index (χ2n) is 19.3. The summed E-state index contributed by atoms with van der Waals surface area (Å²) in [5, 5.41) is 1.69. The van der Waals surface area contributed by atoms with Crippen LogP contribution in [0.3, 0.4) is 0 Å². The molecule has 252 valence electrons. The number of hydrogen-bond acceptors (Lipinski definition) is 1. The first-order valence-corrected chi connectivity index (χ1v) is 22.2. The zero-order chi connectivity index (χ0) is 32.5. The van der Waals surface area contributed by atoms with Gasteiger partial charge in [0, 0.05) is 30.3 Å². The van der Waals surface area contributed by atoms with Crippen molar-refractivity contribution in [3.8, 4) is 0 Å². The first kappa shape index (κ1) is 33.8. The van der Waals surface area contributed by atoms with Crippen LogP contribution in [0, 0.1) is 52.3 Å². The maximum absolute atomic E-state index is 7.25. The molecule has 1 aromatic heterocycles. The van der Waals surface area contributed by atoms with E-state index < -0.39 is 8.32 Å². The lowest BCUT2D eigenvalue weighted by molar-refractivity contribution is -0.137. The number of fused-ring (bicyclic) bond motifs is 6. The van der Waals surface area contributed by atoms with Crippen LogP contribution < -0.4 is 0 Å². The molecule has 4 saturated carbocycles. The maximum atomic E-state index is 7.25. The Bertz CT molecular complexity index is 1330. The summed E-state index contributed by atoms with van der Waals surface area (Å²) in [7, 11) is 0.550. The van der Waals surface area contributed by atoms with Gasteiger partial charge in [-0.05, 0) is 139 Å². The summed E-state index contributed by atoms with van der Waals surface area (Å²) in [5.74, 6) is 6.64. The van der Waals surface area contributed by atoms with Crippen molar-refractivity contribution in [1.29, 1.82) is 0 Å². The second-order valence-corrected chi connectivity index (χ2v) is 24.1. The Kier molecular flexibility index (Phi) is 9.11. The molecule has 0 bridgehead atoms. The van der Waals surface area contributed by atoms with Crippen LogP contribution in [0.25, 0.3) is 10.9 Å². The monoisotopic (exact) mass is 632 g/mol. The van der Waals surface area contributed by atoms with Crippen molar-refractivity contribution in [1.82, 2.24) is 4.57 Å². The molecule has 3 heteroatoms. The molecule has 4 aliphatic rings. The molecule has 0 amide bonds. The van der Waals surface area contributed by atoms with Crippen molar-refractivity contribution in [3.63, 3.8) is 0 Å². The summed E-state index contributed by atoms with van der Waals surface area (Å²) in [6, 6.07) is 11.7. The number of aryl methyl sites for hydroxylation is 1. The fourth-order valence-corrected chi connectivity index (χ4v) is 13.4. The molecule has 2 aromatic rings. The van der Waals surface area contributed by atoms with Gasteiger partial charge in [-0.25, -0.2) is 0 Å². The highest BCUT2D eigenvalue weighted by molar-refractivity contribution is 6.74. The summed E-state index contributed by atoms with van der Waals surface area (Å²) in [6.45, 7) is 25.2. The van der Waals surface area contributed by atoms with E-state index in [9.17, 15) is 0 Å². The van der Waals surface area contributed by atoms with Crippen LogP contribution in [0.15, 0.2) is 30.3 Å². The molecule has 4 aliphatic carbocycles. The minimum absolute atomic E-state index is 0.263. The Hall–Kier alpha value is -1.06. The highest BCUT2D eigenvalue weighted by Crippen LogP contribution is 2.70. The normalized spacial score (nSPS) is 37.8. The van der Waals surface area contributed by atoms with E-state index in [0.717, 1.165) is 35.5 Å². The lowest BCUT2D eigenvalue weighted by Crippen LogP contribution is -2.57. The molecule has 2 nitrogen and oxygen atoms in total. The molecule has 45 heavy (non-hydrogen) atoms. The fourth-order valence-electron chi connectivity index (χ4n) is 12.0. The lowest BCUT2D eigenvalue weighted by Gasteiger charge is -2.63. The van der Waals surface area contributed by atoms with E-state index >= 15 is 0 Å². The maximum Gasteiger partial charge on any atom is 0.192 e. The van der Waals surface area contributed by atoms with Crippen molar-refractivity contribution in [2.24, 2.45) is 59.3 Å². The SMILES string of the molecule is CC(C)CCC[C@@H](C)[C@H]1CC[C@H]2[C@@H]3C[C@H](c4cc5ccccc5n4C)[C@H]4C[C@H](O[Si](C)(C)C(C)(C)C)CC[C@]4(C)[C@H]3CC[C@]12C. The highest BCUT2D eigenvalue weighted by atomic mass is 28.4. The minimum atomic E-state index is -1.81. The van der Waals surface area contributed by atoms with E-state index in [4.69, 9.17) is 4.43 Å². The van der Waals surface area contributed by atoms with Gasteiger partial charge in [0.1, 0.15) is 0 Å². The van der Waals surface area contributed by atoms with Crippen LogP contribution in [0.5, 0.6) is 0 Å². The van der Waals surface area contributed by atoms with Gasteiger partial charge in [-0.15, -0.1) is 0 Å². The predicted molar refractivity (Wildman–Crippen MR) is 196 cm³/mol. The molecule has 0 unspecified atom stereocenters. The van der Waals surface area contributed by atoms with Crippen LogP contribution in [0.4, 0.5) is 0 Å². The molecule has 10 atom stereocenters. The highest BCUT2D eigenvalue weighted by Gasteiger charge is 2.63. The third-order valence-corrected chi connectivity index (χ3v) is 20.0. The van der Waals surface area contributed by atoms with Gasteiger partial charge in [-0.1, -0.05) is 92.9 Å². The number of para-hydroxylation sites is 1. The van der Waals surface area contributed by atoms with Crippen molar-refractivity contribution < 1.29 is 4.43 Å². The quantitative estimate of drug-likeness (QED) is 0.264. The molecule has 6 rings (SSSR count). The van der Waals surface area contributed by atoms with Crippen molar-refractivity contribution in [2.75, 3.05) is 0 Å².